The van der Waals surface area contributed by atoms with Gasteiger partial charge in [0.05, 0.1) is 30.5 Å². The van der Waals surface area contributed by atoms with Gasteiger partial charge in [-0.3, -0.25) is 28.8 Å². The lowest BCUT2D eigenvalue weighted by atomic mass is 9.97. The zero-order chi connectivity index (χ0) is 53.3. The Morgan fingerprint density at radius 3 is 1.53 bits per heavy atom. The molecule has 0 saturated carbocycles. The van der Waals surface area contributed by atoms with Crippen molar-refractivity contribution in [1.82, 2.24) is 0 Å². The third-order valence-electron chi connectivity index (χ3n) is 13.9. The molecular formula is C55H88O18. The minimum absolute atomic E-state index is 0.0984. The van der Waals surface area contributed by atoms with E-state index in [4.69, 9.17) is 52.1 Å². The molecule has 13 atom stereocenters. The molecular weight excluding hydrogens is 949 g/mol. The Labute approximate surface area is 433 Å². The summed E-state index contributed by atoms with van der Waals surface area (Å²) < 4.78 is 65.1. The summed E-state index contributed by atoms with van der Waals surface area (Å²) in [5.41, 5.74) is 0.823. The van der Waals surface area contributed by atoms with Crippen molar-refractivity contribution in [2.75, 3.05) is 6.61 Å². The van der Waals surface area contributed by atoms with Gasteiger partial charge in [-0.05, 0) is 90.0 Å². The van der Waals surface area contributed by atoms with Gasteiger partial charge in [0.1, 0.15) is 31.0 Å². The lowest BCUT2D eigenvalue weighted by molar-refractivity contribution is -0.317. The number of ether oxygens (including phenoxy) is 11. The van der Waals surface area contributed by atoms with Crippen LogP contribution in [0.3, 0.4) is 0 Å². The van der Waals surface area contributed by atoms with Crippen molar-refractivity contribution >= 4 is 41.8 Å². The van der Waals surface area contributed by atoms with E-state index in [0.29, 0.717) is 32.1 Å². The third kappa shape index (κ3) is 22.7. The molecule has 0 amide bonds. The lowest BCUT2D eigenvalue weighted by Crippen LogP contribution is -2.63. The molecule has 0 unspecified atom stereocenters. The Hall–Kier alpha value is -4.13. The molecule has 18 heteroatoms. The maximum absolute atomic E-state index is 12.5. The van der Waals surface area contributed by atoms with Crippen LogP contribution in [0.25, 0.3) is 0 Å². The molecule has 4 rings (SSSR count). The summed E-state index contributed by atoms with van der Waals surface area (Å²) in [7, 11) is 0. The number of cyclic esters (lactones) is 1. The van der Waals surface area contributed by atoms with Crippen LogP contribution in [0, 0.1) is 0 Å². The molecule has 0 N–H and O–H groups in total. The second-order valence-corrected chi connectivity index (χ2v) is 20.4. The number of unbranched alkanes of at least 4 members (excludes halogenated alkanes) is 12. The van der Waals surface area contributed by atoms with Crippen molar-refractivity contribution < 1.29 is 85.7 Å². The molecule has 4 heterocycles. The summed E-state index contributed by atoms with van der Waals surface area (Å²) in [5, 5.41) is 0. The maximum atomic E-state index is 12.5. The van der Waals surface area contributed by atoms with E-state index in [2.05, 4.69) is 6.92 Å². The van der Waals surface area contributed by atoms with Crippen LogP contribution in [0.1, 0.15) is 209 Å². The van der Waals surface area contributed by atoms with Gasteiger partial charge in [-0.1, -0.05) is 84.0 Å². The molecule has 4 aliphatic heterocycles. The highest BCUT2D eigenvalue weighted by Gasteiger charge is 2.53. The van der Waals surface area contributed by atoms with Crippen LogP contribution in [-0.2, 0) is 85.7 Å². The molecule has 416 valence electrons. The zero-order valence-electron chi connectivity index (χ0n) is 45.1. The van der Waals surface area contributed by atoms with Crippen molar-refractivity contribution in [2.24, 2.45) is 0 Å². The average Bonchev–Trinajstić information content (AvgIpc) is 4.08. The highest BCUT2D eigenvalue weighted by atomic mass is 16.7. The predicted molar refractivity (Wildman–Crippen MR) is 265 cm³/mol. The van der Waals surface area contributed by atoms with Crippen molar-refractivity contribution in [1.29, 1.82) is 0 Å². The van der Waals surface area contributed by atoms with Crippen LogP contribution >= 0.6 is 0 Å². The van der Waals surface area contributed by atoms with E-state index in [1.54, 1.807) is 0 Å². The van der Waals surface area contributed by atoms with Gasteiger partial charge in [0.2, 0.25) is 0 Å². The molecule has 0 aromatic carbocycles. The van der Waals surface area contributed by atoms with E-state index in [1.807, 2.05) is 13.0 Å². The summed E-state index contributed by atoms with van der Waals surface area (Å²) >= 11 is 0. The fraction of sp³-hybridized carbons (Fsp3) is 0.836. The first-order valence-electron chi connectivity index (χ1n) is 27.5. The van der Waals surface area contributed by atoms with Gasteiger partial charge in [-0.2, -0.15) is 0 Å². The Kier molecular flexibility index (Phi) is 27.8. The molecule has 0 aromatic heterocycles. The summed E-state index contributed by atoms with van der Waals surface area (Å²) in [5.74, 6) is -3.69. The molecule has 18 nitrogen and oxygen atoms in total. The van der Waals surface area contributed by atoms with Gasteiger partial charge in [0.15, 0.2) is 24.6 Å². The smallest absolute Gasteiger partial charge is 0.334 e. The van der Waals surface area contributed by atoms with Gasteiger partial charge in [-0.15, -0.1) is 0 Å². The normalized spacial score (nSPS) is 27.0. The highest BCUT2D eigenvalue weighted by Crippen LogP contribution is 2.37. The largest absolute Gasteiger partial charge is 0.463 e. The molecule has 4 aliphatic rings. The summed E-state index contributed by atoms with van der Waals surface area (Å²) in [6.45, 7) is 11.2. The summed E-state index contributed by atoms with van der Waals surface area (Å²) in [6, 6.07) is 0. The molecule has 0 aromatic rings. The first kappa shape index (κ1) is 61.4. The first-order chi connectivity index (χ1) is 34.9. The SMILES string of the molecule is CCCCCC[C@@H](CCC[C@H](OC(C)=O)[C@H]1CC[C@H]([C@H]2CC[C@H]([C@@H](CCCCCCCCCCCCC3=C[C@H](C)OC3=O)OC(C)=O)O2)O1)O[C@@H]1O[C@H](COC(C)=O)[C@@H](OC(C)=O)[C@H](OC(C)=O)[C@H]1OC(C)=O. The van der Waals surface area contributed by atoms with Crippen molar-refractivity contribution in [3.63, 3.8) is 0 Å². The standard InChI is InChI=1S/C55H88O18/c1-9-10-11-21-25-43(70-55-53(69-41(8)61)52(68-40(7)60)51(67-39(6)59)50(73-55)34-63-36(3)56)26-23-28-45(66-38(5)58)47-30-32-49(72-47)48-31-29-46(71-48)44(65-37(4)57)27-22-19-17-15-13-12-14-16-18-20-24-42-33-35(2)64-54(42)62/h33,35,43-53,55H,9-32,34H2,1-8H3/t35-,43-,44+,45-,46+,47+,48+,49+,50+,51+,52-,53+,55+/m0/s1. The third-order valence-corrected chi connectivity index (χ3v) is 13.9. The van der Waals surface area contributed by atoms with E-state index in [0.717, 1.165) is 95.5 Å². The van der Waals surface area contributed by atoms with E-state index in [-0.39, 0.29) is 55.2 Å². The molecule has 0 radical (unpaired) electrons. The Morgan fingerprint density at radius 2 is 1.03 bits per heavy atom. The molecule has 73 heavy (non-hydrogen) atoms. The Balaban J connectivity index is 1.29. The van der Waals surface area contributed by atoms with E-state index < -0.39 is 72.8 Å². The molecule has 3 saturated heterocycles. The predicted octanol–water partition coefficient (Wildman–Crippen LogP) is 9.11. The van der Waals surface area contributed by atoms with Crippen molar-refractivity contribution in [3.8, 4) is 0 Å². The number of carbonyl (C=O) groups excluding carboxylic acids is 7. The number of esters is 7. The molecule has 0 bridgehead atoms. The topological polar surface area (TPSA) is 221 Å². The number of carbonyl (C=O) groups is 7. The molecule has 0 spiro atoms. The zero-order valence-corrected chi connectivity index (χ0v) is 45.1. The Morgan fingerprint density at radius 1 is 0.548 bits per heavy atom. The quantitative estimate of drug-likeness (QED) is 0.0333. The van der Waals surface area contributed by atoms with Gasteiger partial charge < -0.3 is 52.1 Å². The van der Waals surface area contributed by atoms with Crippen LogP contribution in [0.4, 0.5) is 0 Å². The van der Waals surface area contributed by atoms with E-state index in [9.17, 15) is 33.6 Å². The maximum Gasteiger partial charge on any atom is 0.334 e. The van der Waals surface area contributed by atoms with Gasteiger partial charge >= 0.3 is 41.8 Å². The first-order valence-corrected chi connectivity index (χ1v) is 27.5. The van der Waals surface area contributed by atoms with Gasteiger partial charge in [0.25, 0.3) is 0 Å². The number of hydrogen-bond donors (Lipinski definition) is 0. The summed E-state index contributed by atoms with van der Waals surface area (Å²) in [4.78, 5) is 85.6. The van der Waals surface area contributed by atoms with Gasteiger partial charge in [0, 0.05) is 47.1 Å². The minimum atomic E-state index is -1.35. The number of hydrogen-bond acceptors (Lipinski definition) is 18. The van der Waals surface area contributed by atoms with Crippen molar-refractivity contribution in [3.05, 3.63) is 11.6 Å². The lowest BCUT2D eigenvalue weighted by Gasteiger charge is -2.45. The van der Waals surface area contributed by atoms with Crippen LogP contribution in [0.5, 0.6) is 0 Å². The van der Waals surface area contributed by atoms with Crippen LogP contribution in [-0.4, -0.2) is 128 Å². The van der Waals surface area contributed by atoms with Crippen LogP contribution in [0.2, 0.25) is 0 Å². The fourth-order valence-electron chi connectivity index (χ4n) is 10.5. The summed E-state index contributed by atoms with van der Waals surface area (Å²) in [6.07, 6.45) is 14.6. The average molecular weight is 1040 g/mol. The van der Waals surface area contributed by atoms with E-state index in [1.165, 1.54) is 73.6 Å². The highest BCUT2D eigenvalue weighted by molar-refractivity contribution is 5.90. The molecule has 3 fully saturated rings. The fourth-order valence-corrected chi connectivity index (χ4v) is 10.5. The monoisotopic (exact) mass is 1040 g/mol. The Bertz CT molecular complexity index is 1770. The second-order valence-electron chi connectivity index (χ2n) is 20.4. The second kappa shape index (κ2) is 33.0. The number of rotatable bonds is 34. The minimum Gasteiger partial charge on any atom is -0.463 e. The van der Waals surface area contributed by atoms with Crippen LogP contribution in [0.15, 0.2) is 11.6 Å². The molecule has 0 aliphatic carbocycles. The van der Waals surface area contributed by atoms with E-state index >= 15 is 0 Å². The van der Waals surface area contributed by atoms with Crippen LogP contribution < -0.4 is 0 Å². The van der Waals surface area contributed by atoms with Gasteiger partial charge in [-0.25, -0.2) is 4.79 Å². The van der Waals surface area contributed by atoms with Crippen molar-refractivity contribution in [2.45, 2.75) is 289 Å².